The molecule has 1 fully saturated rings. The zero-order chi connectivity index (χ0) is 21.7. The molecule has 8 heteroatoms. The maximum Gasteiger partial charge on any atom is 0.252 e. The number of pyridine rings is 1. The summed E-state index contributed by atoms with van der Waals surface area (Å²) in [6, 6.07) is 20.7. The van der Waals surface area contributed by atoms with Crippen molar-refractivity contribution < 1.29 is 17.9 Å². The van der Waals surface area contributed by atoms with Crippen molar-refractivity contribution in [3.63, 3.8) is 0 Å². The third kappa shape index (κ3) is 4.82. The van der Waals surface area contributed by atoms with E-state index in [1.54, 1.807) is 6.20 Å². The van der Waals surface area contributed by atoms with Gasteiger partial charge in [0.15, 0.2) is 0 Å². The first-order valence-electron chi connectivity index (χ1n) is 10.0. The third-order valence-electron chi connectivity index (χ3n) is 5.12. The monoisotopic (exact) mass is 437 g/mol. The van der Waals surface area contributed by atoms with Gasteiger partial charge in [-0.25, -0.2) is 8.42 Å². The smallest absolute Gasteiger partial charge is 0.252 e. The molecule has 3 aromatic rings. The molecule has 2 heterocycles. The van der Waals surface area contributed by atoms with Crippen molar-refractivity contribution in [2.75, 3.05) is 26.3 Å². The van der Waals surface area contributed by atoms with E-state index in [2.05, 4.69) is 10.3 Å². The summed E-state index contributed by atoms with van der Waals surface area (Å²) in [7, 11) is -3.60. The second-order valence-corrected chi connectivity index (χ2v) is 9.05. The Hall–Kier alpha value is -3.07. The van der Waals surface area contributed by atoms with E-state index in [4.69, 9.17) is 4.74 Å². The number of rotatable bonds is 6. The van der Waals surface area contributed by atoms with Crippen molar-refractivity contribution in [3.05, 3.63) is 95.8 Å². The van der Waals surface area contributed by atoms with Gasteiger partial charge in [0, 0.05) is 24.8 Å². The van der Waals surface area contributed by atoms with E-state index in [9.17, 15) is 13.2 Å². The van der Waals surface area contributed by atoms with Crippen molar-refractivity contribution in [2.45, 2.75) is 10.9 Å². The standard InChI is InChI=1S/C23H23N3O4S/c27-23(25-22(18-6-2-1-3-7-18)21-8-4-5-13-24-21)19-9-11-20(12-10-19)31(28,29)26-14-16-30-17-15-26/h1-13,22H,14-17H2,(H,25,27)/t22-/m1/s1. The Morgan fingerprint density at radius 3 is 2.26 bits per heavy atom. The van der Waals surface area contributed by atoms with Crippen molar-refractivity contribution in [1.82, 2.24) is 14.6 Å². The van der Waals surface area contributed by atoms with Gasteiger partial charge in [-0.2, -0.15) is 4.31 Å². The van der Waals surface area contributed by atoms with Crippen molar-refractivity contribution in [2.24, 2.45) is 0 Å². The molecule has 160 valence electrons. The van der Waals surface area contributed by atoms with Gasteiger partial charge < -0.3 is 10.1 Å². The molecule has 1 N–H and O–H groups in total. The lowest BCUT2D eigenvalue weighted by Gasteiger charge is -2.26. The van der Waals surface area contributed by atoms with Gasteiger partial charge in [-0.05, 0) is 42.0 Å². The zero-order valence-electron chi connectivity index (χ0n) is 16.8. The molecule has 0 spiro atoms. The van der Waals surface area contributed by atoms with Gasteiger partial charge >= 0.3 is 0 Å². The Balaban J connectivity index is 1.54. The minimum atomic E-state index is -3.60. The molecule has 1 aliphatic heterocycles. The fraction of sp³-hybridized carbons (Fsp3) is 0.217. The van der Waals surface area contributed by atoms with Crippen LogP contribution in [0.4, 0.5) is 0 Å². The Morgan fingerprint density at radius 2 is 1.61 bits per heavy atom. The minimum absolute atomic E-state index is 0.162. The zero-order valence-corrected chi connectivity index (χ0v) is 17.7. The Bertz CT molecular complexity index is 1080. The van der Waals surface area contributed by atoms with Gasteiger partial charge in [-0.15, -0.1) is 0 Å². The predicted octanol–water partition coefficient (Wildman–Crippen LogP) is 2.62. The van der Waals surface area contributed by atoms with E-state index in [1.807, 2.05) is 48.5 Å². The normalized spacial score (nSPS) is 15.9. The van der Waals surface area contributed by atoms with Crippen LogP contribution in [0.2, 0.25) is 0 Å². The molecular weight excluding hydrogens is 414 g/mol. The van der Waals surface area contributed by atoms with Gasteiger partial charge in [0.2, 0.25) is 10.0 Å². The van der Waals surface area contributed by atoms with Gasteiger partial charge in [0.05, 0.1) is 29.8 Å². The maximum atomic E-state index is 12.9. The van der Waals surface area contributed by atoms with Crippen LogP contribution < -0.4 is 5.32 Å². The highest BCUT2D eigenvalue weighted by molar-refractivity contribution is 7.89. The topological polar surface area (TPSA) is 88.6 Å². The fourth-order valence-corrected chi connectivity index (χ4v) is 4.86. The predicted molar refractivity (Wildman–Crippen MR) is 116 cm³/mol. The largest absolute Gasteiger partial charge is 0.379 e. The Labute approximate surface area is 181 Å². The number of morpholine rings is 1. The highest BCUT2D eigenvalue weighted by Gasteiger charge is 2.26. The second kappa shape index (κ2) is 9.38. The molecule has 31 heavy (non-hydrogen) atoms. The number of sulfonamides is 1. The van der Waals surface area contributed by atoms with Gasteiger partial charge in [0.25, 0.3) is 5.91 Å². The molecule has 2 aromatic carbocycles. The summed E-state index contributed by atoms with van der Waals surface area (Å²) in [6.45, 7) is 1.42. The number of amides is 1. The molecule has 1 aliphatic rings. The summed E-state index contributed by atoms with van der Waals surface area (Å²) >= 11 is 0. The average molecular weight is 438 g/mol. The van der Waals surface area contributed by atoms with Crippen molar-refractivity contribution in [1.29, 1.82) is 0 Å². The van der Waals surface area contributed by atoms with Crippen LogP contribution in [0.25, 0.3) is 0 Å². The molecule has 4 rings (SSSR count). The number of carbonyl (C=O) groups excluding carboxylic acids is 1. The molecular formula is C23H23N3O4S. The van der Waals surface area contributed by atoms with Crippen LogP contribution in [-0.2, 0) is 14.8 Å². The highest BCUT2D eigenvalue weighted by Crippen LogP contribution is 2.22. The number of carbonyl (C=O) groups is 1. The second-order valence-electron chi connectivity index (χ2n) is 7.11. The van der Waals surface area contributed by atoms with Gasteiger partial charge in [-0.1, -0.05) is 36.4 Å². The van der Waals surface area contributed by atoms with Crippen LogP contribution in [0.1, 0.15) is 27.7 Å². The molecule has 0 aliphatic carbocycles. The van der Waals surface area contributed by atoms with Crippen LogP contribution in [0.5, 0.6) is 0 Å². The number of hydrogen-bond donors (Lipinski definition) is 1. The van der Waals surface area contributed by atoms with E-state index in [0.29, 0.717) is 37.6 Å². The van der Waals surface area contributed by atoms with E-state index < -0.39 is 16.1 Å². The lowest BCUT2D eigenvalue weighted by atomic mass is 10.0. The Morgan fingerprint density at radius 1 is 0.935 bits per heavy atom. The highest BCUT2D eigenvalue weighted by atomic mass is 32.2. The molecule has 1 saturated heterocycles. The Kier molecular flexibility index (Phi) is 6.41. The van der Waals surface area contributed by atoms with Crippen LogP contribution in [-0.4, -0.2) is 49.9 Å². The number of benzene rings is 2. The number of ether oxygens (including phenoxy) is 1. The molecule has 1 atom stereocenters. The lowest BCUT2D eigenvalue weighted by molar-refractivity contribution is 0.0730. The van der Waals surface area contributed by atoms with Crippen LogP contribution in [0, 0.1) is 0 Å². The first kappa shape index (κ1) is 21.2. The summed E-state index contributed by atoms with van der Waals surface area (Å²) < 4.78 is 32.2. The maximum absolute atomic E-state index is 12.9. The number of aromatic nitrogens is 1. The van der Waals surface area contributed by atoms with E-state index in [-0.39, 0.29) is 10.8 Å². The molecule has 0 radical (unpaired) electrons. The molecule has 0 bridgehead atoms. The van der Waals surface area contributed by atoms with Gasteiger partial charge in [0.1, 0.15) is 0 Å². The number of hydrogen-bond acceptors (Lipinski definition) is 5. The van der Waals surface area contributed by atoms with Gasteiger partial charge in [-0.3, -0.25) is 9.78 Å². The van der Waals surface area contributed by atoms with E-state index >= 15 is 0 Å². The summed E-state index contributed by atoms with van der Waals surface area (Å²) in [5.41, 5.74) is 1.99. The summed E-state index contributed by atoms with van der Waals surface area (Å²) in [5.74, 6) is -0.310. The van der Waals surface area contributed by atoms with Crippen molar-refractivity contribution >= 4 is 15.9 Å². The number of nitrogens with zero attached hydrogens (tertiary/aromatic N) is 2. The molecule has 7 nitrogen and oxygen atoms in total. The quantitative estimate of drug-likeness (QED) is 0.640. The van der Waals surface area contributed by atoms with Crippen LogP contribution >= 0.6 is 0 Å². The SMILES string of the molecule is O=C(N[C@H](c1ccccc1)c1ccccn1)c1ccc(S(=O)(=O)N2CCOCC2)cc1. The minimum Gasteiger partial charge on any atom is -0.379 e. The molecule has 1 amide bonds. The lowest BCUT2D eigenvalue weighted by Crippen LogP contribution is -2.40. The third-order valence-corrected chi connectivity index (χ3v) is 7.03. The molecule has 0 unspecified atom stereocenters. The number of nitrogens with one attached hydrogen (secondary N) is 1. The van der Waals surface area contributed by atoms with E-state index in [1.165, 1.54) is 28.6 Å². The van der Waals surface area contributed by atoms with Crippen molar-refractivity contribution in [3.8, 4) is 0 Å². The summed E-state index contributed by atoms with van der Waals surface area (Å²) in [4.78, 5) is 17.5. The first-order chi connectivity index (χ1) is 15.1. The average Bonchev–Trinajstić information content (AvgIpc) is 2.84. The first-order valence-corrected chi connectivity index (χ1v) is 11.4. The van der Waals surface area contributed by atoms with Crippen LogP contribution in [0.3, 0.4) is 0 Å². The molecule has 1 aromatic heterocycles. The summed E-state index contributed by atoms with van der Waals surface area (Å²) in [5, 5.41) is 3.01. The fourth-order valence-electron chi connectivity index (χ4n) is 3.45. The molecule has 0 saturated carbocycles. The van der Waals surface area contributed by atoms with E-state index in [0.717, 1.165) is 5.56 Å². The summed E-state index contributed by atoms with van der Waals surface area (Å²) in [6.07, 6.45) is 1.68. The van der Waals surface area contributed by atoms with Crippen LogP contribution in [0.15, 0.2) is 83.9 Å².